The first-order valence-electron chi connectivity index (χ1n) is 37.5. The van der Waals surface area contributed by atoms with Crippen molar-refractivity contribution < 1.29 is 80.2 Å². The molecular weight excluding hydrogens is 1200 g/mol. The van der Waals surface area contributed by atoms with Crippen LogP contribution in [0, 0.1) is 11.8 Å². The molecule has 0 fully saturated rings. The Morgan fingerprint density at radius 3 is 0.747 bits per heavy atom. The quantitative estimate of drug-likeness (QED) is 0.0222. The van der Waals surface area contributed by atoms with Gasteiger partial charge in [0.25, 0.3) is 0 Å². The van der Waals surface area contributed by atoms with Crippen LogP contribution < -0.4 is 0 Å². The molecule has 0 amide bonds. The summed E-state index contributed by atoms with van der Waals surface area (Å²) >= 11 is 0. The summed E-state index contributed by atoms with van der Waals surface area (Å²) < 4.78 is 68.2. The molecule has 91 heavy (non-hydrogen) atoms. The number of ether oxygens (including phenoxy) is 4. The number of aliphatic hydroxyl groups excluding tert-OH is 1. The number of hydrogen-bond acceptors (Lipinski definition) is 15. The maximum absolute atomic E-state index is 13.0. The van der Waals surface area contributed by atoms with Crippen LogP contribution in [-0.4, -0.2) is 96.7 Å². The van der Waals surface area contributed by atoms with Gasteiger partial charge in [0.05, 0.1) is 26.4 Å². The zero-order valence-corrected chi connectivity index (χ0v) is 60.9. The van der Waals surface area contributed by atoms with E-state index in [-0.39, 0.29) is 25.7 Å². The molecule has 0 bridgehead atoms. The largest absolute Gasteiger partial charge is 0.472 e. The number of aliphatic hydroxyl groups is 1. The zero-order valence-electron chi connectivity index (χ0n) is 59.1. The molecule has 3 N–H and O–H groups in total. The molecule has 0 aliphatic rings. The standard InChI is InChI=1S/C72H140O17P2/c1-7-9-11-13-15-16-31-38-44-50-56-71(76)88-67(60-82-69(74)54-48-42-34-14-12-10-8-2)62-86-90(78,79)84-58-66(73)59-85-91(80,81)87-63-68(61-83-70(75)55-49-43-37-32-27-24-20-22-26-30-36-41-47-53-65(5)6)89-72(77)57-51-45-39-33-28-23-19-17-18-21-25-29-35-40-46-52-64(3)4/h64-68,73H,7-63H2,1-6H3,(H,78,79)(H,80,81)/t66-,67+,68+/m0/s1. The molecule has 5 atom stereocenters. The van der Waals surface area contributed by atoms with Gasteiger partial charge in [0.15, 0.2) is 12.2 Å². The molecule has 0 rings (SSSR count). The Hall–Kier alpha value is -1.94. The van der Waals surface area contributed by atoms with Gasteiger partial charge in [0, 0.05) is 25.7 Å². The fraction of sp³-hybridized carbons (Fsp3) is 0.944. The molecule has 540 valence electrons. The van der Waals surface area contributed by atoms with E-state index in [1.165, 1.54) is 173 Å². The van der Waals surface area contributed by atoms with Crippen molar-refractivity contribution in [2.24, 2.45) is 11.8 Å². The van der Waals surface area contributed by atoms with Crippen LogP contribution in [0.4, 0.5) is 0 Å². The van der Waals surface area contributed by atoms with E-state index >= 15 is 0 Å². The first kappa shape index (κ1) is 89.1. The summed E-state index contributed by atoms with van der Waals surface area (Å²) in [5, 5.41) is 10.6. The molecule has 0 aliphatic carbocycles. The fourth-order valence-electron chi connectivity index (χ4n) is 10.9. The lowest BCUT2D eigenvalue weighted by Gasteiger charge is -2.21. The van der Waals surface area contributed by atoms with Gasteiger partial charge in [-0.05, 0) is 37.5 Å². The number of carbonyl (C=O) groups excluding carboxylic acids is 4. The van der Waals surface area contributed by atoms with E-state index in [9.17, 15) is 43.2 Å². The normalized spacial score (nSPS) is 14.1. The van der Waals surface area contributed by atoms with Gasteiger partial charge < -0.3 is 33.8 Å². The zero-order chi connectivity index (χ0) is 67.2. The van der Waals surface area contributed by atoms with Gasteiger partial charge in [0.1, 0.15) is 19.3 Å². The highest BCUT2D eigenvalue weighted by atomic mass is 31.2. The molecule has 0 aromatic carbocycles. The average Bonchev–Trinajstić information content (AvgIpc) is 3.63. The SMILES string of the molecule is CCCCCCCCCCCCC(=O)O[C@H](COC(=O)CCCCCCCCC)COP(=O)(O)OC[C@H](O)COP(=O)(O)OC[C@@H](COC(=O)CCCCCCCCCCCCCCCC(C)C)OC(=O)CCCCCCCCCCCCCCCCCC(C)C. The molecule has 19 heteroatoms. The third kappa shape index (κ3) is 66.5. The predicted molar refractivity (Wildman–Crippen MR) is 368 cm³/mol. The van der Waals surface area contributed by atoms with Crippen molar-refractivity contribution in [3.05, 3.63) is 0 Å². The molecule has 0 saturated heterocycles. The minimum atomic E-state index is -4.95. The number of esters is 4. The molecule has 0 aliphatic heterocycles. The van der Waals surface area contributed by atoms with Crippen LogP contribution in [0.1, 0.15) is 369 Å². The summed E-state index contributed by atoms with van der Waals surface area (Å²) in [5.74, 6) is -0.532. The van der Waals surface area contributed by atoms with Gasteiger partial charge in [0.2, 0.25) is 0 Å². The van der Waals surface area contributed by atoms with Crippen LogP contribution in [0.15, 0.2) is 0 Å². The molecular formula is C72H140O17P2. The third-order valence-corrected chi connectivity index (χ3v) is 18.6. The van der Waals surface area contributed by atoms with E-state index in [4.69, 9.17) is 37.0 Å². The Kier molecular flexibility index (Phi) is 62.7. The van der Waals surface area contributed by atoms with Gasteiger partial charge in [-0.1, -0.05) is 318 Å². The van der Waals surface area contributed by atoms with Gasteiger partial charge in [-0.3, -0.25) is 37.3 Å². The number of phosphoric acid groups is 2. The third-order valence-electron chi connectivity index (χ3n) is 16.7. The van der Waals surface area contributed by atoms with Crippen molar-refractivity contribution in [2.75, 3.05) is 39.6 Å². The highest BCUT2D eigenvalue weighted by Crippen LogP contribution is 2.45. The maximum atomic E-state index is 13.0. The Morgan fingerprint density at radius 1 is 0.297 bits per heavy atom. The fourth-order valence-corrected chi connectivity index (χ4v) is 12.5. The summed E-state index contributed by atoms with van der Waals surface area (Å²) in [5.41, 5.74) is 0. The van der Waals surface area contributed by atoms with Crippen molar-refractivity contribution in [2.45, 2.75) is 387 Å². The first-order valence-corrected chi connectivity index (χ1v) is 40.5. The highest BCUT2D eigenvalue weighted by molar-refractivity contribution is 7.47. The van der Waals surface area contributed by atoms with Crippen molar-refractivity contribution >= 4 is 39.5 Å². The Morgan fingerprint density at radius 2 is 0.505 bits per heavy atom. The van der Waals surface area contributed by atoms with Crippen LogP contribution in [0.5, 0.6) is 0 Å². The number of hydrogen-bond donors (Lipinski definition) is 3. The lowest BCUT2D eigenvalue weighted by molar-refractivity contribution is -0.161. The first-order chi connectivity index (χ1) is 43.9. The predicted octanol–water partition coefficient (Wildman–Crippen LogP) is 20.8. The topological polar surface area (TPSA) is 237 Å². The van der Waals surface area contributed by atoms with E-state index < -0.39 is 97.5 Å². The molecule has 0 spiro atoms. The van der Waals surface area contributed by atoms with E-state index in [0.29, 0.717) is 25.7 Å². The second-order valence-electron chi connectivity index (χ2n) is 26.9. The summed E-state index contributed by atoms with van der Waals surface area (Å²) in [7, 11) is -9.90. The van der Waals surface area contributed by atoms with Crippen LogP contribution in [0.3, 0.4) is 0 Å². The summed E-state index contributed by atoms with van der Waals surface area (Å²) in [4.78, 5) is 72.5. The summed E-state index contributed by atoms with van der Waals surface area (Å²) in [6, 6.07) is 0. The van der Waals surface area contributed by atoms with Gasteiger partial charge >= 0.3 is 39.5 Å². The van der Waals surface area contributed by atoms with Gasteiger partial charge in [-0.2, -0.15) is 0 Å². The number of rotatable bonds is 71. The van der Waals surface area contributed by atoms with E-state index in [1.807, 2.05) is 0 Å². The number of carbonyl (C=O) groups is 4. The van der Waals surface area contributed by atoms with Crippen LogP contribution in [0.25, 0.3) is 0 Å². The Bertz CT molecular complexity index is 1770. The molecule has 0 aromatic heterocycles. The maximum Gasteiger partial charge on any atom is 0.472 e. The van der Waals surface area contributed by atoms with Crippen molar-refractivity contribution in [3.63, 3.8) is 0 Å². The second-order valence-corrected chi connectivity index (χ2v) is 29.8. The minimum absolute atomic E-state index is 0.106. The van der Waals surface area contributed by atoms with Gasteiger partial charge in [-0.25, -0.2) is 9.13 Å². The van der Waals surface area contributed by atoms with Gasteiger partial charge in [-0.15, -0.1) is 0 Å². The van der Waals surface area contributed by atoms with Crippen molar-refractivity contribution in [1.82, 2.24) is 0 Å². The molecule has 0 aromatic rings. The lowest BCUT2D eigenvalue weighted by atomic mass is 10.0. The van der Waals surface area contributed by atoms with E-state index in [1.54, 1.807) is 0 Å². The molecule has 0 heterocycles. The van der Waals surface area contributed by atoms with Crippen LogP contribution in [0.2, 0.25) is 0 Å². The van der Waals surface area contributed by atoms with Crippen molar-refractivity contribution in [3.8, 4) is 0 Å². The molecule has 0 radical (unpaired) electrons. The summed E-state index contributed by atoms with van der Waals surface area (Å²) in [6.45, 7) is 9.56. The molecule has 2 unspecified atom stereocenters. The monoisotopic (exact) mass is 1340 g/mol. The average molecular weight is 1340 g/mol. The van der Waals surface area contributed by atoms with Crippen LogP contribution in [-0.2, 0) is 65.4 Å². The summed E-state index contributed by atoms with van der Waals surface area (Å²) in [6.07, 6.45) is 50.1. The van der Waals surface area contributed by atoms with Crippen molar-refractivity contribution in [1.29, 1.82) is 0 Å². The Balaban J connectivity index is 5.18. The molecule has 17 nitrogen and oxygen atoms in total. The number of unbranched alkanes of at least 4 members (excludes halogenated alkanes) is 41. The molecule has 0 saturated carbocycles. The van der Waals surface area contributed by atoms with Crippen LogP contribution >= 0.6 is 15.6 Å². The highest BCUT2D eigenvalue weighted by Gasteiger charge is 2.30. The minimum Gasteiger partial charge on any atom is -0.462 e. The van der Waals surface area contributed by atoms with E-state index in [2.05, 4.69) is 41.5 Å². The number of phosphoric ester groups is 2. The Labute approximate surface area is 556 Å². The lowest BCUT2D eigenvalue weighted by Crippen LogP contribution is -2.30. The van der Waals surface area contributed by atoms with E-state index in [0.717, 1.165) is 115 Å². The second kappa shape index (κ2) is 64.1. The smallest absolute Gasteiger partial charge is 0.462 e.